The molecule has 0 amide bonds. The molecule has 2 nitrogen and oxygen atoms in total. The average molecular weight is 496 g/mol. The number of hydrogen-bond donors (Lipinski definition) is 0. The standard InChI is InChI=1S/C12H9N2.C5H5.2ClH.Hf/c1-2-5-11-9-12(8-10(11)4-1)14-7-3-6-13-14;1-2-4-5-3-1;;;/h1-9H;1-3H,4H2;2*1H;/q;;;;+2/p-2. The SMILES string of the molecule is C1=CC[C]([Hf+2][CH]2C(n3cccn3)=Cc3ccccc32)=C1.[Cl-].[Cl-]. The smallest absolute Gasteiger partial charge is 1.00 e. The Hall–Kier alpha value is -0.900. The molecule has 0 spiro atoms. The first kappa shape index (κ1) is 17.5. The van der Waals surface area contributed by atoms with Crippen LogP contribution in [0.5, 0.6) is 0 Å². The van der Waals surface area contributed by atoms with Gasteiger partial charge in [-0.15, -0.1) is 0 Å². The zero-order chi connectivity index (χ0) is 13.4. The number of hydrogen-bond acceptors (Lipinski definition) is 1. The summed E-state index contributed by atoms with van der Waals surface area (Å²) >= 11 is -0.914. The van der Waals surface area contributed by atoms with Crippen LogP contribution >= 0.6 is 0 Å². The van der Waals surface area contributed by atoms with Crippen molar-refractivity contribution in [1.82, 2.24) is 9.78 Å². The number of fused-ring (bicyclic) bond motifs is 1. The van der Waals surface area contributed by atoms with Crippen LogP contribution in [0.4, 0.5) is 0 Å². The first-order valence-electron chi connectivity index (χ1n) is 6.84. The van der Waals surface area contributed by atoms with Crippen molar-refractivity contribution in [2.24, 2.45) is 0 Å². The number of benzene rings is 1. The third kappa shape index (κ3) is 3.22. The topological polar surface area (TPSA) is 17.8 Å². The summed E-state index contributed by atoms with van der Waals surface area (Å²) in [6, 6.07) is 10.8. The largest absolute Gasteiger partial charge is 1.00 e. The summed E-state index contributed by atoms with van der Waals surface area (Å²) in [7, 11) is 0. The zero-order valence-electron chi connectivity index (χ0n) is 11.8. The molecule has 2 aromatic rings. The van der Waals surface area contributed by atoms with Gasteiger partial charge in [0.1, 0.15) is 0 Å². The van der Waals surface area contributed by atoms with Gasteiger partial charge in [0.2, 0.25) is 0 Å². The minimum atomic E-state index is -0.914. The molecular weight excluding hydrogens is 482 g/mol. The van der Waals surface area contributed by atoms with Crippen LogP contribution in [-0.2, 0) is 22.9 Å². The van der Waals surface area contributed by atoms with Crippen molar-refractivity contribution in [3.8, 4) is 0 Å². The summed E-state index contributed by atoms with van der Waals surface area (Å²) < 4.78 is 4.36. The van der Waals surface area contributed by atoms with Crippen LogP contribution in [0.1, 0.15) is 21.2 Å². The fourth-order valence-corrected chi connectivity index (χ4v) is 8.50. The van der Waals surface area contributed by atoms with Crippen LogP contribution < -0.4 is 24.8 Å². The first-order valence-corrected chi connectivity index (χ1v) is 10.7. The van der Waals surface area contributed by atoms with Crippen LogP contribution in [0.25, 0.3) is 11.8 Å². The molecule has 1 unspecified atom stereocenters. The van der Waals surface area contributed by atoms with Gasteiger partial charge in [0.05, 0.1) is 0 Å². The molecule has 0 fully saturated rings. The van der Waals surface area contributed by atoms with Crippen molar-refractivity contribution < 1.29 is 47.7 Å². The third-order valence-electron chi connectivity index (χ3n) is 3.78. The molecule has 0 saturated heterocycles. The normalized spacial score (nSPS) is 17.7. The minimum Gasteiger partial charge on any atom is -1.00 e. The summed E-state index contributed by atoms with van der Waals surface area (Å²) in [6.07, 6.45) is 14.3. The van der Waals surface area contributed by atoms with E-state index in [-0.39, 0.29) is 24.8 Å². The summed E-state index contributed by atoms with van der Waals surface area (Å²) in [6.45, 7) is 0. The van der Waals surface area contributed by atoms with Crippen LogP contribution in [0.3, 0.4) is 0 Å². The number of aromatic nitrogens is 2. The minimum absolute atomic E-state index is 0. The van der Waals surface area contributed by atoms with E-state index in [0.29, 0.717) is 3.67 Å². The van der Waals surface area contributed by atoms with E-state index in [9.17, 15) is 0 Å². The van der Waals surface area contributed by atoms with Gasteiger partial charge in [-0.25, -0.2) is 0 Å². The van der Waals surface area contributed by atoms with E-state index in [1.54, 1.807) is 3.33 Å². The predicted octanol–water partition coefficient (Wildman–Crippen LogP) is -2.13. The van der Waals surface area contributed by atoms with Crippen molar-refractivity contribution in [3.05, 3.63) is 75.4 Å². The van der Waals surface area contributed by atoms with Gasteiger partial charge in [0, 0.05) is 0 Å². The monoisotopic (exact) mass is 496 g/mol. The molecule has 0 N–H and O–H groups in total. The van der Waals surface area contributed by atoms with Gasteiger partial charge in [-0.2, -0.15) is 0 Å². The maximum Gasteiger partial charge on any atom is -1.00 e. The van der Waals surface area contributed by atoms with Crippen LogP contribution in [-0.4, -0.2) is 9.78 Å². The molecule has 2 aliphatic carbocycles. The van der Waals surface area contributed by atoms with Crippen molar-refractivity contribution in [3.63, 3.8) is 0 Å². The van der Waals surface area contributed by atoms with Crippen LogP contribution in [0.15, 0.2) is 64.3 Å². The average Bonchev–Trinajstić information content (AvgIpc) is 3.19. The summed E-state index contributed by atoms with van der Waals surface area (Å²) in [5.41, 5.74) is 4.25. The molecular formula is C17H14Cl2HfN2. The van der Waals surface area contributed by atoms with Crippen LogP contribution in [0.2, 0.25) is 0 Å². The van der Waals surface area contributed by atoms with Crippen LogP contribution in [0, 0.1) is 0 Å². The van der Waals surface area contributed by atoms with E-state index in [1.807, 2.05) is 12.3 Å². The Morgan fingerprint density at radius 3 is 2.73 bits per heavy atom. The molecule has 0 aliphatic heterocycles. The molecule has 1 heterocycles. The second-order valence-electron chi connectivity index (χ2n) is 5.05. The maximum atomic E-state index is 4.45. The van der Waals surface area contributed by atoms with Gasteiger partial charge in [-0.3, -0.25) is 0 Å². The molecule has 1 atom stereocenters. The second kappa shape index (κ2) is 7.58. The van der Waals surface area contributed by atoms with E-state index < -0.39 is 22.9 Å². The number of allylic oxidation sites excluding steroid dienone is 5. The molecule has 1 aromatic carbocycles. The van der Waals surface area contributed by atoms with E-state index >= 15 is 0 Å². The number of halogens is 2. The van der Waals surface area contributed by atoms with Crippen molar-refractivity contribution in [2.45, 2.75) is 10.1 Å². The fourth-order valence-electron chi connectivity index (χ4n) is 2.82. The Labute approximate surface area is 154 Å². The van der Waals surface area contributed by atoms with E-state index in [1.165, 1.54) is 23.2 Å². The van der Waals surface area contributed by atoms with E-state index in [2.05, 4.69) is 64.5 Å². The Morgan fingerprint density at radius 1 is 1.14 bits per heavy atom. The molecule has 0 radical (unpaired) electrons. The number of rotatable bonds is 3. The van der Waals surface area contributed by atoms with Crippen molar-refractivity contribution >= 4 is 11.8 Å². The fraction of sp³-hybridized carbons (Fsp3) is 0.118. The zero-order valence-corrected chi connectivity index (χ0v) is 16.9. The third-order valence-corrected chi connectivity index (χ3v) is 9.66. The summed E-state index contributed by atoms with van der Waals surface area (Å²) in [5, 5.41) is 4.45. The molecule has 22 heavy (non-hydrogen) atoms. The Balaban J connectivity index is 0.000000882. The molecule has 5 heteroatoms. The molecule has 110 valence electrons. The Kier molecular flexibility index (Phi) is 6.01. The maximum absolute atomic E-state index is 4.45. The predicted molar refractivity (Wildman–Crippen MR) is 77.4 cm³/mol. The van der Waals surface area contributed by atoms with Crippen molar-refractivity contribution in [2.75, 3.05) is 0 Å². The Morgan fingerprint density at radius 2 is 2.00 bits per heavy atom. The molecule has 0 saturated carbocycles. The van der Waals surface area contributed by atoms with E-state index in [4.69, 9.17) is 0 Å². The molecule has 1 aromatic heterocycles. The van der Waals surface area contributed by atoms with Gasteiger partial charge in [0.15, 0.2) is 0 Å². The molecule has 4 rings (SSSR count). The van der Waals surface area contributed by atoms with Crippen molar-refractivity contribution in [1.29, 1.82) is 0 Å². The Bertz CT molecular complexity index is 733. The van der Waals surface area contributed by atoms with Gasteiger partial charge in [-0.1, -0.05) is 0 Å². The molecule has 0 bridgehead atoms. The van der Waals surface area contributed by atoms with Gasteiger partial charge < -0.3 is 24.8 Å². The second-order valence-corrected chi connectivity index (χ2v) is 10.5. The summed E-state index contributed by atoms with van der Waals surface area (Å²) in [4.78, 5) is 0. The quantitative estimate of drug-likeness (QED) is 0.445. The van der Waals surface area contributed by atoms with E-state index in [0.717, 1.165) is 0 Å². The van der Waals surface area contributed by atoms with Gasteiger partial charge in [-0.05, 0) is 0 Å². The first-order chi connectivity index (χ1) is 9.92. The summed E-state index contributed by atoms with van der Waals surface area (Å²) in [5.74, 6) is 0. The van der Waals surface area contributed by atoms with Gasteiger partial charge in [0.25, 0.3) is 0 Å². The number of nitrogens with zero attached hydrogens (tertiary/aromatic N) is 2. The molecule has 2 aliphatic rings. The van der Waals surface area contributed by atoms with Gasteiger partial charge >= 0.3 is 130 Å².